The van der Waals surface area contributed by atoms with Crippen molar-refractivity contribution in [2.75, 3.05) is 0 Å². The van der Waals surface area contributed by atoms with Crippen molar-refractivity contribution in [1.82, 2.24) is 0 Å². The van der Waals surface area contributed by atoms with Crippen LogP contribution >= 0.6 is 36.0 Å². The second kappa shape index (κ2) is 5.63. The summed E-state index contributed by atoms with van der Waals surface area (Å²) < 4.78 is 0. The Balaban J connectivity index is 2.32. The first kappa shape index (κ1) is 12.6. The van der Waals surface area contributed by atoms with Crippen LogP contribution in [0.1, 0.15) is 10.4 Å². The van der Waals surface area contributed by atoms with Gasteiger partial charge in [0.05, 0.1) is 0 Å². The maximum Gasteiger partial charge on any atom is 0.252 e. The molecule has 0 aliphatic heterocycles. The second-order valence-corrected chi connectivity index (χ2v) is 5.31. The van der Waals surface area contributed by atoms with Crippen molar-refractivity contribution < 1.29 is 4.79 Å². The van der Waals surface area contributed by atoms with E-state index in [4.69, 9.17) is 11.6 Å². The van der Waals surface area contributed by atoms with Crippen LogP contribution < -0.4 is 0 Å². The molecule has 0 unspecified atom stereocenters. The first-order valence-corrected chi connectivity index (χ1v) is 6.57. The van der Waals surface area contributed by atoms with E-state index < -0.39 is 5.24 Å². The third-order valence-corrected chi connectivity index (χ3v) is 3.98. The van der Waals surface area contributed by atoms with Gasteiger partial charge in [0, 0.05) is 20.2 Å². The van der Waals surface area contributed by atoms with Crippen LogP contribution in [-0.4, -0.2) is 5.24 Å². The van der Waals surface area contributed by atoms with Gasteiger partial charge in [-0.15, -0.1) is 12.6 Å². The lowest BCUT2D eigenvalue weighted by Crippen LogP contribution is -1.89. The standard InChI is InChI=1S/C13H9ClOS2/c14-13(15)9-6-7-11(16)12(8-9)17-10-4-2-1-3-5-10/h1-8,16H. The maximum atomic E-state index is 11.1. The highest BCUT2D eigenvalue weighted by Crippen LogP contribution is 2.33. The van der Waals surface area contributed by atoms with Gasteiger partial charge >= 0.3 is 0 Å². The second-order valence-electron chi connectivity index (χ2n) is 3.37. The van der Waals surface area contributed by atoms with Gasteiger partial charge in [0.1, 0.15) is 0 Å². The van der Waals surface area contributed by atoms with E-state index >= 15 is 0 Å². The first-order valence-electron chi connectivity index (χ1n) is 4.92. The van der Waals surface area contributed by atoms with Gasteiger partial charge in [-0.2, -0.15) is 0 Å². The van der Waals surface area contributed by atoms with E-state index in [-0.39, 0.29) is 0 Å². The van der Waals surface area contributed by atoms with E-state index in [2.05, 4.69) is 12.6 Å². The molecule has 0 saturated heterocycles. The summed E-state index contributed by atoms with van der Waals surface area (Å²) in [6.07, 6.45) is 0. The molecule has 2 aromatic carbocycles. The number of carbonyl (C=O) groups is 1. The monoisotopic (exact) mass is 280 g/mol. The minimum atomic E-state index is -0.451. The number of thiol groups is 1. The van der Waals surface area contributed by atoms with Crippen molar-refractivity contribution in [2.45, 2.75) is 14.7 Å². The van der Waals surface area contributed by atoms with E-state index in [1.54, 1.807) is 30.0 Å². The van der Waals surface area contributed by atoms with Crippen molar-refractivity contribution >= 4 is 41.2 Å². The van der Waals surface area contributed by atoms with Gasteiger partial charge in [0.25, 0.3) is 5.24 Å². The van der Waals surface area contributed by atoms with Crippen molar-refractivity contribution in [1.29, 1.82) is 0 Å². The molecule has 4 heteroatoms. The topological polar surface area (TPSA) is 17.1 Å². The Morgan fingerprint density at radius 1 is 1.12 bits per heavy atom. The van der Waals surface area contributed by atoms with Crippen molar-refractivity contribution in [3.63, 3.8) is 0 Å². The fraction of sp³-hybridized carbons (Fsp3) is 0. The minimum absolute atomic E-state index is 0.451. The highest BCUT2D eigenvalue weighted by atomic mass is 35.5. The van der Waals surface area contributed by atoms with E-state index in [1.807, 2.05) is 30.3 Å². The van der Waals surface area contributed by atoms with Crippen LogP contribution in [0.5, 0.6) is 0 Å². The molecule has 0 aromatic heterocycles. The summed E-state index contributed by atoms with van der Waals surface area (Å²) in [4.78, 5) is 13.9. The molecule has 0 N–H and O–H groups in total. The zero-order chi connectivity index (χ0) is 12.3. The molecule has 0 amide bonds. The zero-order valence-electron chi connectivity index (χ0n) is 8.76. The average molecular weight is 281 g/mol. The van der Waals surface area contributed by atoms with Crippen LogP contribution in [0.4, 0.5) is 0 Å². The van der Waals surface area contributed by atoms with Crippen LogP contribution in [-0.2, 0) is 0 Å². The Morgan fingerprint density at radius 3 is 2.47 bits per heavy atom. The minimum Gasteiger partial charge on any atom is -0.276 e. The molecule has 0 spiro atoms. The van der Waals surface area contributed by atoms with E-state index in [0.29, 0.717) is 5.56 Å². The molecule has 1 nitrogen and oxygen atoms in total. The molecule has 86 valence electrons. The van der Waals surface area contributed by atoms with Crippen LogP contribution in [0, 0.1) is 0 Å². The molecule has 0 heterocycles. The van der Waals surface area contributed by atoms with Gasteiger partial charge in [-0.3, -0.25) is 4.79 Å². The Hall–Kier alpha value is -0.900. The maximum absolute atomic E-state index is 11.1. The molecule has 0 bridgehead atoms. The normalized spacial score (nSPS) is 10.2. The van der Waals surface area contributed by atoms with Crippen LogP contribution in [0.2, 0.25) is 0 Å². The summed E-state index contributed by atoms with van der Waals surface area (Å²) in [5, 5.41) is -0.451. The highest BCUT2D eigenvalue weighted by Gasteiger charge is 2.07. The molecule has 0 aliphatic carbocycles. The molecular weight excluding hydrogens is 272 g/mol. The van der Waals surface area contributed by atoms with Gasteiger partial charge in [0.2, 0.25) is 0 Å². The summed E-state index contributed by atoms with van der Waals surface area (Å²) in [6.45, 7) is 0. The van der Waals surface area contributed by atoms with E-state index in [0.717, 1.165) is 14.7 Å². The van der Waals surface area contributed by atoms with Crippen LogP contribution in [0.25, 0.3) is 0 Å². The van der Waals surface area contributed by atoms with Crippen molar-refractivity contribution in [3.8, 4) is 0 Å². The zero-order valence-corrected chi connectivity index (χ0v) is 11.2. The molecule has 0 atom stereocenters. The Labute approximate surface area is 115 Å². The Morgan fingerprint density at radius 2 is 1.82 bits per heavy atom. The summed E-state index contributed by atoms with van der Waals surface area (Å²) in [5.74, 6) is 0. The lowest BCUT2D eigenvalue weighted by Gasteiger charge is -2.06. The summed E-state index contributed by atoms with van der Waals surface area (Å²) in [7, 11) is 0. The molecule has 0 fully saturated rings. The first-order chi connectivity index (χ1) is 8.16. The lowest BCUT2D eigenvalue weighted by molar-refractivity contribution is 0.108. The molecule has 2 rings (SSSR count). The fourth-order valence-corrected chi connectivity index (χ4v) is 2.63. The van der Waals surface area contributed by atoms with Gasteiger partial charge in [-0.25, -0.2) is 0 Å². The van der Waals surface area contributed by atoms with Gasteiger partial charge in [0.15, 0.2) is 0 Å². The Bertz CT molecular complexity index is 540. The van der Waals surface area contributed by atoms with Gasteiger partial charge in [-0.1, -0.05) is 30.0 Å². The quantitative estimate of drug-likeness (QED) is 0.658. The molecular formula is C13H9ClOS2. The van der Waals surface area contributed by atoms with Crippen LogP contribution in [0.3, 0.4) is 0 Å². The van der Waals surface area contributed by atoms with Crippen molar-refractivity contribution in [2.24, 2.45) is 0 Å². The average Bonchev–Trinajstić information content (AvgIpc) is 2.33. The summed E-state index contributed by atoms with van der Waals surface area (Å²) in [6, 6.07) is 15.1. The SMILES string of the molecule is O=C(Cl)c1ccc(S)c(Sc2ccccc2)c1. The number of halogens is 1. The number of hydrogen-bond acceptors (Lipinski definition) is 3. The third-order valence-electron chi connectivity index (χ3n) is 2.16. The molecule has 2 aromatic rings. The molecule has 0 radical (unpaired) electrons. The molecule has 0 aliphatic rings. The van der Waals surface area contributed by atoms with Crippen molar-refractivity contribution in [3.05, 3.63) is 54.1 Å². The third kappa shape index (κ3) is 3.28. The highest BCUT2D eigenvalue weighted by molar-refractivity contribution is 7.99. The smallest absolute Gasteiger partial charge is 0.252 e. The Kier molecular flexibility index (Phi) is 4.15. The molecule has 17 heavy (non-hydrogen) atoms. The van der Waals surface area contributed by atoms with Crippen LogP contribution in [0.15, 0.2) is 63.2 Å². The number of carbonyl (C=O) groups excluding carboxylic acids is 1. The lowest BCUT2D eigenvalue weighted by atomic mass is 10.2. The van der Waals surface area contributed by atoms with E-state index in [9.17, 15) is 4.79 Å². The fourth-order valence-electron chi connectivity index (χ4n) is 1.33. The number of rotatable bonds is 3. The summed E-state index contributed by atoms with van der Waals surface area (Å²) >= 11 is 11.4. The summed E-state index contributed by atoms with van der Waals surface area (Å²) in [5.41, 5.74) is 0.489. The number of benzene rings is 2. The number of hydrogen-bond donors (Lipinski definition) is 1. The predicted octanol–water partition coefficient (Wildman–Crippen LogP) is 4.51. The predicted molar refractivity (Wildman–Crippen MR) is 74.4 cm³/mol. The molecule has 0 saturated carbocycles. The largest absolute Gasteiger partial charge is 0.276 e. The van der Waals surface area contributed by atoms with E-state index in [1.165, 1.54) is 0 Å². The van der Waals surface area contributed by atoms with Gasteiger partial charge < -0.3 is 0 Å². The van der Waals surface area contributed by atoms with Gasteiger partial charge in [-0.05, 0) is 41.9 Å².